The standard InChI is InChI=1S/C22H19BrINO5/c1-4-5-19(26)29-20-15(23)9-13(11-18(20)28-3)10-17-22(27)30-21(25-17)14-6-7-16(24)12(2)8-14/h6-11H,4-5H2,1-3H3/b17-10-. The SMILES string of the molecule is CCCC(=O)Oc1c(Br)cc(/C=C2\N=C(c3ccc(I)c(C)c3)OC2=O)cc1OC. The largest absolute Gasteiger partial charge is 0.493 e. The van der Waals surface area contributed by atoms with Crippen LogP contribution in [-0.4, -0.2) is 24.9 Å². The van der Waals surface area contributed by atoms with Gasteiger partial charge in [-0.05, 0) is 99.4 Å². The van der Waals surface area contributed by atoms with Gasteiger partial charge < -0.3 is 14.2 Å². The third-order valence-corrected chi connectivity index (χ3v) is 6.05. The van der Waals surface area contributed by atoms with Crippen LogP contribution >= 0.6 is 38.5 Å². The number of benzene rings is 2. The number of nitrogens with zero attached hydrogens (tertiary/aromatic N) is 1. The fraction of sp³-hybridized carbons (Fsp3) is 0.227. The summed E-state index contributed by atoms with van der Waals surface area (Å²) in [6, 6.07) is 9.13. The molecular formula is C22H19BrINO5. The van der Waals surface area contributed by atoms with Crippen molar-refractivity contribution in [1.82, 2.24) is 0 Å². The van der Waals surface area contributed by atoms with Crippen molar-refractivity contribution >= 4 is 62.4 Å². The molecule has 1 aliphatic heterocycles. The first-order chi connectivity index (χ1) is 14.3. The highest BCUT2D eigenvalue weighted by Gasteiger charge is 2.25. The van der Waals surface area contributed by atoms with Crippen LogP contribution in [0.25, 0.3) is 6.08 Å². The zero-order valence-electron chi connectivity index (χ0n) is 16.6. The van der Waals surface area contributed by atoms with E-state index in [-0.39, 0.29) is 17.6 Å². The lowest BCUT2D eigenvalue weighted by molar-refractivity contribution is -0.134. The van der Waals surface area contributed by atoms with Gasteiger partial charge in [0.25, 0.3) is 0 Å². The summed E-state index contributed by atoms with van der Waals surface area (Å²) in [7, 11) is 1.48. The summed E-state index contributed by atoms with van der Waals surface area (Å²) >= 11 is 5.65. The van der Waals surface area contributed by atoms with Crippen molar-refractivity contribution < 1.29 is 23.8 Å². The summed E-state index contributed by atoms with van der Waals surface area (Å²) in [6.45, 7) is 3.88. The molecule has 0 unspecified atom stereocenters. The van der Waals surface area contributed by atoms with E-state index >= 15 is 0 Å². The number of halogens is 2. The van der Waals surface area contributed by atoms with Gasteiger partial charge in [-0.2, -0.15) is 0 Å². The fourth-order valence-corrected chi connectivity index (χ4v) is 3.64. The zero-order valence-corrected chi connectivity index (χ0v) is 20.4. The predicted molar refractivity (Wildman–Crippen MR) is 126 cm³/mol. The summed E-state index contributed by atoms with van der Waals surface area (Å²) in [4.78, 5) is 28.5. The molecule has 0 saturated carbocycles. The van der Waals surface area contributed by atoms with Gasteiger partial charge in [-0.15, -0.1) is 0 Å². The molecule has 2 aromatic carbocycles. The Morgan fingerprint density at radius 2 is 2.07 bits per heavy atom. The molecule has 1 aliphatic rings. The minimum absolute atomic E-state index is 0.172. The molecule has 156 valence electrons. The number of hydrogen-bond donors (Lipinski definition) is 0. The van der Waals surface area contributed by atoms with E-state index in [1.54, 1.807) is 18.2 Å². The van der Waals surface area contributed by atoms with Crippen molar-refractivity contribution in [3.63, 3.8) is 0 Å². The number of esters is 2. The number of methoxy groups -OCH3 is 1. The summed E-state index contributed by atoms with van der Waals surface area (Å²) < 4.78 is 17.8. The van der Waals surface area contributed by atoms with Gasteiger partial charge in [0, 0.05) is 15.6 Å². The first-order valence-corrected chi connectivity index (χ1v) is 11.1. The first-order valence-electron chi connectivity index (χ1n) is 9.19. The number of cyclic esters (lactones) is 1. The van der Waals surface area contributed by atoms with Crippen LogP contribution in [0.3, 0.4) is 0 Å². The van der Waals surface area contributed by atoms with Gasteiger partial charge in [0.1, 0.15) is 0 Å². The molecule has 3 rings (SSSR count). The minimum Gasteiger partial charge on any atom is -0.493 e. The molecule has 6 nitrogen and oxygen atoms in total. The molecule has 8 heteroatoms. The van der Waals surface area contributed by atoms with Crippen LogP contribution in [0, 0.1) is 10.5 Å². The van der Waals surface area contributed by atoms with E-state index in [4.69, 9.17) is 14.2 Å². The second kappa shape index (κ2) is 9.74. The van der Waals surface area contributed by atoms with Gasteiger partial charge in [-0.1, -0.05) is 6.92 Å². The lowest BCUT2D eigenvalue weighted by atomic mass is 10.1. The number of hydrogen-bond acceptors (Lipinski definition) is 6. The summed E-state index contributed by atoms with van der Waals surface area (Å²) in [5.41, 5.74) is 2.63. The number of carbonyl (C=O) groups excluding carboxylic acids is 2. The number of aryl methyl sites for hydroxylation is 1. The highest BCUT2D eigenvalue weighted by molar-refractivity contribution is 14.1. The van der Waals surface area contributed by atoms with Gasteiger partial charge in [-0.25, -0.2) is 9.79 Å². The summed E-state index contributed by atoms with van der Waals surface area (Å²) in [5, 5.41) is 0. The number of rotatable bonds is 6. The van der Waals surface area contributed by atoms with E-state index in [1.165, 1.54) is 7.11 Å². The van der Waals surface area contributed by atoms with E-state index in [1.807, 2.05) is 32.0 Å². The first kappa shape index (κ1) is 22.5. The quantitative estimate of drug-likeness (QED) is 0.196. The molecule has 0 aromatic heterocycles. The van der Waals surface area contributed by atoms with Crippen molar-refractivity contribution in [3.8, 4) is 11.5 Å². The smallest absolute Gasteiger partial charge is 0.363 e. The van der Waals surface area contributed by atoms with E-state index in [2.05, 4.69) is 43.5 Å². The Balaban J connectivity index is 1.92. The van der Waals surface area contributed by atoms with Crippen LogP contribution in [0.2, 0.25) is 0 Å². The average Bonchev–Trinajstić information content (AvgIpc) is 3.06. The molecule has 0 saturated heterocycles. The molecule has 0 amide bonds. The lowest BCUT2D eigenvalue weighted by Crippen LogP contribution is -2.08. The second-order valence-electron chi connectivity index (χ2n) is 6.56. The van der Waals surface area contributed by atoms with E-state index in [0.717, 1.165) is 14.7 Å². The van der Waals surface area contributed by atoms with Crippen LogP contribution in [0.15, 0.2) is 45.5 Å². The van der Waals surface area contributed by atoms with Crippen LogP contribution < -0.4 is 9.47 Å². The Morgan fingerprint density at radius 1 is 1.30 bits per heavy atom. The van der Waals surface area contributed by atoms with Crippen LogP contribution in [0.5, 0.6) is 11.5 Å². The van der Waals surface area contributed by atoms with Gasteiger partial charge >= 0.3 is 11.9 Å². The number of ether oxygens (including phenoxy) is 3. The highest BCUT2D eigenvalue weighted by Crippen LogP contribution is 2.38. The van der Waals surface area contributed by atoms with Gasteiger partial charge in [0.15, 0.2) is 17.2 Å². The van der Waals surface area contributed by atoms with Crippen molar-refractivity contribution in [2.75, 3.05) is 7.11 Å². The van der Waals surface area contributed by atoms with E-state index in [9.17, 15) is 9.59 Å². The Labute approximate surface area is 196 Å². The van der Waals surface area contributed by atoms with Crippen LogP contribution in [-0.2, 0) is 14.3 Å². The second-order valence-corrected chi connectivity index (χ2v) is 8.57. The Hall–Kier alpha value is -2.20. The average molecular weight is 584 g/mol. The summed E-state index contributed by atoms with van der Waals surface area (Å²) in [6.07, 6.45) is 2.59. The lowest BCUT2D eigenvalue weighted by Gasteiger charge is -2.12. The molecule has 0 atom stereocenters. The third kappa shape index (κ3) is 5.10. The fourth-order valence-electron chi connectivity index (χ4n) is 2.76. The normalized spacial score (nSPS) is 14.5. The molecule has 0 spiro atoms. The molecular weight excluding hydrogens is 565 g/mol. The van der Waals surface area contributed by atoms with Gasteiger partial charge in [0.2, 0.25) is 5.90 Å². The van der Waals surface area contributed by atoms with E-state index in [0.29, 0.717) is 34.4 Å². The molecule has 0 aliphatic carbocycles. The van der Waals surface area contributed by atoms with Crippen molar-refractivity contribution in [2.24, 2.45) is 4.99 Å². The third-order valence-electron chi connectivity index (χ3n) is 4.25. The van der Waals surface area contributed by atoms with Gasteiger partial charge in [0.05, 0.1) is 11.6 Å². The highest BCUT2D eigenvalue weighted by atomic mass is 127. The maximum absolute atomic E-state index is 12.3. The molecule has 0 radical (unpaired) electrons. The molecule has 1 heterocycles. The zero-order chi connectivity index (χ0) is 21.8. The van der Waals surface area contributed by atoms with E-state index < -0.39 is 5.97 Å². The maximum Gasteiger partial charge on any atom is 0.363 e. The Bertz CT molecular complexity index is 1080. The molecule has 30 heavy (non-hydrogen) atoms. The van der Waals surface area contributed by atoms with Crippen molar-refractivity contribution in [2.45, 2.75) is 26.7 Å². The number of carbonyl (C=O) groups is 2. The van der Waals surface area contributed by atoms with Crippen molar-refractivity contribution in [3.05, 3.63) is 60.8 Å². The molecule has 0 N–H and O–H groups in total. The van der Waals surface area contributed by atoms with Crippen LogP contribution in [0.1, 0.15) is 36.5 Å². The molecule has 0 fully saturated rings. The number of aliphatic imine (C=N–C) groups is 1. The summed E-state index contributed by atoms with van der Waals surface area (Å²) in [5.74, 6) is 0.0517. The maximum atomic E-state index is 12.3. The molecule has 0 bridgehead atoms. The topological polar surface area (TPSA) is 74.2 Å². The predicted octanol–water partition coefficient (Wildman–Crippen LogP) is 5.42. The minimum atomic E-state index is -0.533. The molecule has 2 aromatic rings. The Morgan fingerprint density at radius 3 is 2.73 bits per heavy atom. The Kier molecular flexibility index (Phi) is 7.30. The van der Waals surface area contributed by atoms with Gasteiger partial charge in [-0.3, -0.25) is 4.79 Å². The monoisotopic (exact) mass is 583 g/mol. The van der Waals surface area contributed by atoms with Crippen LogP contribution in [0.4, 0.5) is 0 Å². The van der Waals surface area contributed by atoms with Crippen molar-refractivity contribution in [1.29, 1.82) is 0 Å².